The molecule has 1 saturated heterocycles. The number of piperidine rings is 1. The van der Waals surface area contributed by atoms with Crippen LogP contribution in [0.2, 0.25) is 0 Å². The Morgan fingerprint density at radius 2 is 2.00 bits per heavy atom. The number of nitrogens with zero attached hydrogens (tertiary/aromatic N) is 1. The number of likely N-dealkylation sites (tertiary alicyclic amines) is 1. The summed E-state index contributed by atoms with van der Waals surface area (Å²) in [6.45, 7) is 6.11. The SMILES string of the molecule is CCCC1CCC(NC)C(N2CCCCC2C)C1. The molecule has 1 saturated carbocycles. The molecule has 1 aliphatic heterocycles. The van der Waals surface area contributed by atoms with Crippen molar-refractivity contribution in [2.24, 2.45) is 5.92 Å². The van der Waals surface area contributed by atoms with Crippen LogP contribution in [0, 0.1) is 5.92 Å². The van der Waals surface area contributed by atoms with Crippen molar-refractivity contribution >= 4 is 0 Å². The summed E-state index contributed by atoms with van der Waals surface area (Å²) in [5.41, 5.74) is 0. The van der Waals surface area contributed by atoms with Gasteiger partial charge in [-0.2, -0.15) is 0 Å². The van der Waals surface area contributed by atoms with Crippen molar-refractivity contribution in [1.82, 2.24) is 10.2 Å². The molecule has 2 heteroatoms. The number of hydrogen-bond donors (Lipinski definition) is 1. The molecule has 1 aliphatic carbocycles. The van der Waals surface area contributed by atoms with Crippen LogP contribution in [0.15, 0.2) is 0 Å². The van der Waals surface area contributed by atoms with Crippen LogP contribution in [-0.4, -0.2) is 36.6 Å². The quantitative estimate of drug-likeness (QED) is 0.825. The summed E-state index contributed by atoms with van der Waals surface area (Å²) in [6, 6.07) is 2.34. The minimum absolute atomic E-state index is 0.735. The Kier molecular flexibility index (Phi) is 5.50. The van der Waals surface area contributed by atoms with Gasteiger partial charge in [0.05, 0.1) is 0 Å². The van der Waals surface area contributed by atoms with Crippen LogP contribution in [0.3, 0.4) is 0 Å². The van der Waals surface area contributed by atoms with Crippen molar-refractivity contribution in [3.8, 4) is 0 Å². The van der Waals surface area contributed by atoms with Gasteiger partial charge in [0.25, 0.3) is 0 Å². The molecule has 1 heterocycles. The summed E-state index contributed by atoms with van der Waals surface area (Å²) >= 11 is 0. The Balaban J connectivity index is 2.00. The maximum absolute atomic E-state index is 3.59. The molecule has 0 aromatic rings. The molecule has 2 rings (SSSR count). The molecule has 0 aromatic carbocycles. The van der Waals surface area contributed by atoms with Crippen LogP contribution in [-0.2, 0) is 0 Å². The highest BCUT2D eigenvalue weighted by Gasteiger charge is 2.35. The smallest absolute Gasteiger partial charge is 0.0254 e. The van der Waals surface area contributed by atoms with Gasteiger partial charge < -0.3 is 5.32 Å². The predicted octanol–water partition coefficient (Wildman–Crippen LogP) is 3.42. The standard InChI is InChI=1S/C16H32N2/c1-4-7-14-9-10-15(17-3)16(12-14)18-11-6-5-8-13(18)2/h13-17H,4-12H2,1-3H3. The van der Waals surface area contributed by atoms with Crippen LogP contribution in [0.5, 0.6) is 0 Å². The summed E-state index contributed by atoms with van der Waals surface area (Å²) < 4.78 is 0. The van der Waals surface area contributed by atoms with Gasteiger partial charge in [0.1, 0.15) is 0 Å². The Bertz CT molecular complexity index is 241. The van der Waals surface area contributed by atoms with Gasteiger partial charge in [0.15, 0.2) is 0 Å². The number of rotatable bonds is 4. The van der Waals surface area contributed by atoms with Gasteiger partial charge in [-0.15, -0.1) is 0 Å². The largest absolute Gasteiger partial charge is 0.315 e. The average Bonchev–Trinajstić information content (AvgIpc) is 2.40. The fourth-order valence-electron chi connectivity index (χ4n) is 4.22. The number of likely N-dealkylation sites (N-methyl/N-ethyl adjacent to an activating group) is 1. The van der Waals surface area contributed by atoms with Crippen LogP contribution in [0.4, 0.5) is 0 Å². The van der Waals surface area contributed by atoms with Crippen LogP contribution < -0.4 is 5.32 Å². The molecule has 106 valence electrons. The van der Waals surface area contributed by atoms with Crippen molar-refractivity contribution in [3.63, 3.8) is 0 Å². The predicted molar refractivity (Wildman–Crippen MR) is 78.9 cm³/mol. The van der Waals surface area contributed by atoms with Gasteiger partial charge in [-0.05, 0) is 58.5 Å². The van der Waals surface area contributed by atoms with Gasteiger partial charge >= 0.3 is 0 Å². The molecule has 0 radical (unpaired) electrons. The third kappa shape index (κ3) is 3.27. The van der Waals surface area contributed by atoms with E-state index in [0.29, 0.717) is 0 Å². The maximum atomic E-state index is 3.59. The molecule has 2 fully saturated rings. The summed E-state index contributed by atoms with van der Waals surface area (Å²) in [5.74, 6) is 0.985. The van der Waals surface area contributed by atoms with Gasteiger partial charge in [-0.25, -0.2) is 0 Å². The van der Waals surface area contributed by atoms with Gasteiger partial charge in [0, 0.05) is 18.1 Å². The second-order valence-corrected chi connectivity index (χ2v) is 6.51. The van der Waals surface area contributed by atoms with E-state index in [1.807, 2.05) is 0 Å². The Morgan fingerprint density at radius 3 is 2.67 bits per heavy atom. The number of hydrogen-bond acceptors (Lipinski definition) is 2. The highest BCUT2D eigenvalue weighted by atomic mass is 15.2. The lowest BCUT2D eigenvalue weighted by atomic mass is 9.78. The Labute approximate surface area is 114 Å². The van der Waals surface area contributed by atoms with Crippen LogP contribution in [0.1, 0.15) is 65.2 Å². The lowest BCUT2D eigenvalue weighted by Gasteiger charge is -2.47. The van der Waals surface area contributed by atoms with Crippen LogP contribution in [0.25, 0.3) is 0 Å². The molecule has 4 unspecified atom stereocenters. The molecule has 0 amide bonds. The third-order valence-electron chi connectivity index (χ3n) is 5.27. The minimum atomic E-state index is 0.735. The molecule has 0 spiro atoms. The number of nitrogens with one attached hydrogen (secondary N) is 1. The fraction of sp³-hybridized carbons (Fsp3) is 1.00. The topological polar surface area (TPSA) is 15.3 Å². The second kappa shape index (κ2) is 6.91. The summed E-state index contributed by atoms with van der Waals surface area (Å²) in [6.07, 6.45) is 11.3. The first-order valence-corrected chi connectivity index (χ1v) is 8.19. The van der Waals surface area contributed by atoms with Crippen molar-refractivity contribution < 1.29 is 0 Å². The highest BCUT2D eigenvalue weighted by molar-refractivity contribution is 4.93. The molecule has 0 aromatic heterocycles. The molecule has 4 atom stereocenters. The van der Waals surface area contributed by atoms with E-state index in [1.165, 1.54) is 57.9 Å². The highest BCUT2D eigenvalue weighted by Crippen LogP contribution is 2.33. The zero-order valence-corrected chi connectivity index (χ0v) is 12.6. The second-order valence-electron chi connectivity index (χ2n) is 6.51. The minimum Gasteiger partial charge on any atom is -0.315 e. The van der Waals surface area contributed by atoms with E-state index < -0.39 is 0 Å². The average molecular weight is 252 g/mol. The van der Waals surface area contributed by atoms with Gasteiger partial charge in [-0.3, -0.25) is 4.90 Å². The Morgan fingerprint density at radius 1 is 1.17 bits per heavy atom. The summed E-state index contributed by atoms with van der Waals surface area (Å²) in [7, 11) is 2.16. The maximum Gasteiger partial charge on any atom is 0.0254 e. The third-order valence-corrected chi connectivity index (χ3v) is 5.27. The van der Waals surface area contributed by atoms with E-state index in [2.05, 4.69) is 31.1 Å². The molecule has 1 N–H and O–H groups in total. The van der Waals surface area contributed by atoms with E-state index in [4.69, 9.17) is 0 Å². The first-order chi connectivity index (χ1) is 8.76. The van der Waals surface area contributed by atoms with E-state index in [-0.39, 0.29) is 0 Å². The van der Waals surface area contributed by atoms with E-state index in [1.54, 1.807) is 0 Å². The molecule has 18 heavy (non-hydrogen) atoms. The van der Waals surface area contributed by atoms with E-state index in [9.17, 15) is 0 Å². The normalized spacial score (nSPS) is 38.8. The molecule has 2 aliphatic rings. The molecular formula is C16H32N2. The fourth-order valence-corrected chi connectivity index (χ4v) is 4.22. The van der Waals surface area contributed by atoms with Crippen molar-refractivity contribution in [1.29, 1.82) is 0 Å². The molecule has 2 nitrogen and oxygen atoms in total. The van der Waals surface area contributed by atoms with Crippen molar-refractivity contribution in [2.45, 2.75) is 83.3 Å². The first-order valence-electron chi connectivity index (χ1n) is 8.19. The lowest BCUT2D eigenvalue weighted by Crippen LogP contribution is -2.56. The van der Waals surface area contributed by atoms with Crippen LogP contribution >= 0.6 is 0 Å². The molecular weight excluding hydrogens is 220 g/mol. The van der Waals surface area contributed by atoms with E-state index >= 15 is 0 Å². The van der Waals surface area contributed by atoms with E-state index in [0.717, 1.165) is 24.0 Å². The zero-order chi connectivity index (χ0) is 13.0. The Hall–Kier alpha value is -0.0800. The van der Waals surface area contributed by atoms with Crippen molar-refractivity contribution in [3.05, 3.63) is 0 Å². The lowest BCUT2D eigenvalue weighted by molar-refractivity contribution is 0.0445. The monoisotopic (exact) mass is 252 g/mol. The van der Waals surface area contributed by atoms with Gasteiger partial charge in [0.2, 0.25) is 0 Å². The zero-order valence-electron chi connectivity index (χ0n) is 12.6. The van der Waals surface area contributed by atoms with Crippen molar-refractivity contribution in [2.75, 3.05) is 13.6 Å². The summed E-state index contributed by atoms with van der Waals surface area (Å²) in [5, 5.41) is 3.59. The van der Waals surface area contributed by atoms with Gasteiger partial charge in [-0.1, -0.05) is 26.2 Å². The first kappa shape index (κ1) is 14.3. The molecule has 0 bridgehead atoms. The summed E-state index contributed by atoms with van der Waals surface area (Å²) in [4.78, 5) is 2.83.